The van der Waals surface area contributed by atoms with Gasteiger partial charge in [0.25, 0.3) is 5.82 Å². The van der Waals surface area contributed by atoms with Crippen molar-refractivity contribution in [1.29, 1.82) is 0 Å². The van der Waals surface area contributed by atoms with E-state index in [0.29, 0.717) is 6.54 Å². The van der Waals surface area contributed by atoms with E-state index in [4.69, 9.17) is 0 Å². The van der Waals surface area contributed by atoms with Gasteiger partial charge in [0.05, 0.1) is 13.1 Å². The number of nitrogens with zero attached hydrogens (tertiary/aromatic N) is 2. The zero-order valence-electron chi connectivity index (χ0n) is 14.4. The summed E-state index contributed by atoms with van der Waals surface area (Å²) in [6.07, 6.45) is 15.4. The molecule has 0 spiro atoms. The molecule has 0 aliphatic rings. The van der Waals surface area contributed by atoms with Crippen molar-refractivity contribution in [3.05, 3.63) is 18.2 Å². The summed E-state index contributed by atoms with van der Waals surface area (Å²) in [4.78, 5) is 10.7. The first kappa shape index (κ1) is 18.7. The summed E-state index contributed by atoms with van der Waals surface area (Å²) >= 11 is 0. The molecule has 0 radical (unpaired) electrons. The van der Waals surface area contributed by atoms with E-state index in [1.807, 2.05) is 6.20 Å². The maximum absolute atomic E-state index is 10.7. The van der Waals surface area contributed by atoms with Crippen LogP contribution in [0.15, 0.2) is 12.4 Å². The topological polar surface area (TPSA) is 48.9 Å². The number of aryl methyl sites for hydroxylation is 2. The van der Waals surface area contributed by atoms with E-state index < -0.39 is 5.97 Å². The average Bonchev–Trinajstić information content (AvgIpc) is 2.87. The molecule has 1 rings (SSSR count). The minimum absolute atomic E-state index is 0.0881. The lowest BCUT2D eigenvalue weighted by Crippen LogP contribution is -2.37. The number of unbranched alkanes of at least 4 members (excludes halogenated alkanes) is 6. The number of carboxylic acid groups (broad SMARTS) is 1. The van der Waals surface area contributed by atoms with Crippen LogP contribution in [0.4, 0.5) is 0 Å². The van der Waals surface area contributed by atoms with Crippen molar-refractivity contribution in [3.8, 4) is 0 Å². The molecular formula is C18H32N2O2. The average molecular weight is 308 g/mol. The predicted molar refractivity (Wildman–Crippen MR) is 86.2 cm³/mol. The second-order valence-corrected chi connectivity index (χ2v) is 6.09. The number of hydrogen-bond donors (Lipinski definition) is 0. The van der Waals surface area contributed by atoms with Crippen LogP contribution < -0.4 is 9.67 Å². The fraction of sp³-hybridized carbons (Fsp3) is 0.778. The SMILES string of the molecule is CCCCCCCCCc1n(CCC(=O)[O-])cc[n+]1CCC. The van der Waals surface area contributed by atoms with Gasteiger partial charge >= 0.3 is 0 Å². The van der Waals surface area contributed by atoms with E-state index >= 15 is 0 Å². The first-order valence-electron chi connectivity index (χ1n) is 8.96. The van der Waals surface area contributed by atoms with Crippen LogP contribution in [0.2, 0.25) is 0 Å². The van der Waals surface area contributed by atoms with Crippen LogP contribution in [0.3, 0.4) is 0 Å². The van der Waals surface area contributed by atoms with E-state index in [9.17, 15) is 9.90 Å². The summed E-state index contributed by atoms with van der Waals surface area (Å²) in [5, 5.41) is 10.7. The molecule has 0 atom stereocenters. The third-order valence-corrected chi connectivity index (χ3v) is 4.11. The molecule has 0 aliphatic carbocycles. The number of carbonyl (C=O) groups excluding carboxylic acids is 1. The van der Waals surface area contributed by atoms with Gasteiger partial charge in [-0.2, -0.15) is 0 Å². The number of aliphatic carboxylic acids is 1. The number of aromatic nitrogens is 2. The Morgan fingerprint density at radius 1 is 1.09 bits per heavy atom. The van der Waals surface area contributed by atoms with Crippen molar-refractivity contribution in [1.82, 2.24) is 4.57 Å². The Labute approximate surface area is 135 Å². The molecule has 0 aliphatic heterocycles. The molecule has 22 heavy (non-hydrogen) atoms. The van der Waals surface area contributed by atoms with Crippen molar-refractivity contribution in [2.75, 3.05) is 0 Å². The maximum atomic E-state index is 10.7. The Balaban J connectivity index is 2.43. The number of carbonyl (C=O) groups is 1. The number of rotatable bonds is 13. The van der Waals surface area contributed by atoms with Gasteiger partial charge in [0.15, 0.2) is 0 Å². The van der Waals surface area contributed by atoms with Gasteiger partial charge in [0.1, 0.15) is 12.4 Å². The normalized spacial score (nSPS) is 11.0. The fourth-order valence-electron chi connectivity index (χ4n) is 2.89. The molecule has 126 valence electrons. The quantitative estimate of drug-likeness (QED) is 0.415. The lowest BCUT2D eigenvalue weighted by Gasteiger charge is -2.06. The van der Waals surface area contributed by atoms with Crippen molar-refractivity contribution in [3.63, 3.8) is 0 Å². The van der Waals surface area contributed by atoms with Gasteiger partial charge in [-0.25, -0.2) is 9.13 Å². The van der Waals surface area contributed by atoms with Gasteiger partial charge in [-0.05, 0) is 12.8 Å². The van der Waals surface area contributed by atoms with Gasteiger partial charge in [-0.3, -0.25) is 0 Å². The first-order valence-corrected chi connectivity index (χ1v) is 8.96. The van der Waals surface area contributed by atoms with E-state index in [1.165, 1.54) is 50.8 Å². The van der Waals surface area contributed by atoms with Crippen LogP contribution >= 0.6 is 0 Å². The Kier molecular flexibility index (Phi) is 9.60. The maximum Gasteiger partial charge on any atom is 0.256 e. The predicted octanol–water partition coefficient (Wildman–Crippen LogP) is 2.62. The Bertz CT molecular complexity index is 427. The van der Waals surface area contributed by atoms with Crippen molar-refractivity contribution >= 4 is 5.97 Å². The lowest BCUT2D eigenvalue weighted by atomic mass is 10.1. The highest BCUT2D eigenvalue weighted by atomic mass is 16.4. The fourth-order valence-corrected chi connectivity index (χ4v) is 2.89. The molecule has 4 nitrogen and oxygen atoms in total. The Hall–Kier alpha value is -1.32. The molecule has 0 N–H and O–H groups in total. The third kappa shape index (κ3) is 7.10. The highest BCUT2D eigenvalue weighted by Gasteiger charge is 2.15. The summed E-state index contributed by atoms with van der Waals surface area (Å²) in [5.74, 6) is 0.286. The Morgan fingerprint density at radius 2 is 1.77 bits per heavy atom. The molecule has 1 aromatic heterocycles. The van der Waals surface area contributed by atoms with Gasteiger partial charge in [-0.1, -0.05) is 52.4 Å². The molecule has 0 aromatic carbocycles. The number of carboxylic acids is 1. The summed E-state index contributed by atoms with van der Waals surface area (Å²) < 4.78 is 4.36. The monoisotopic (exact) mass is 308 g/mol. The van der Waals surface area contributed by atoms with E-state index in [2.05, 4.69) is 29.2 Å². The van der Waals surface area contributed by atoms with Crippen LogP contribution in [-0.4, -0.2) is 10.5 Å². The molecule has 0 saturated heterocycles. The summed E-state index contributed by atoms with van der Waals surface area (Å²) in [5.41, 5.74) is 0. The van der Waals surface area contributed by atoms with Gasteiger partial charge in [-0.15, -0.1) is 0 Å². The van der Waals surface area contributed by atoms with E-state index in [0.717, 1.165) is 19.4 Å². The summed E-state index contributed by atoms with van der Waals surface area (Å²) in [6, 6.07) is 0. The molecular weight excluding hydrogens is 276 g/mol. The standard InChI is InChI=1S/C18H32N2O2/c1-3-5-6-7-8-9-10-11-17-19(13-4-2)15-16-20(17)14-12-18(21)22/h15-16H,3-14H2,1-2H3. The van der Waals surface area contributed by atoms with Crippen LogP contribution in [-0.2, 0) is 24.3 Å². The van der Waals surface area contributed by atoms with Crippen LogP contribution in [0, 0.1) is 0 Å². The smallest absolute Gasteiger partial charge is 0.256 e. The zero-order valence-corrected chi connectivity index (χ0v) is 14.4. The van der Waals surface area contributed by atoms with Gasteiger partial charge in [0, 0.05) is 18.8 Å². The molecule has 0 bridgehead atoms. The minimum Gasteiger partial charge on any atom is -0.550 e. The van der Waals surface area contributed by atoms with Crippen molar-refractivity contribution < 1.29 is 14.5 Å². The van der Waals surface area contributed by atoms with Crippen molar-refractivity contribution in [2.24, 2.45) is 0 Å². The lowest BCUT2D eigenvalue weighted by molar-refractivity contribution is -0.703. The van der Waals surface area contributed by atoms with Crippen molar-refractivity contribution in [2.45, 2.75) is 91.1 Å². The van der Waals surface area contributed by atoms with Crippen LogP contribution in [0.25, 0.3) is 0 Å². The second-order valence-electron chi connectivity index (χ2n) is 6.09. The molecule has 0 unspecified atom stereocenters. The second kappa shape index (κ2) is 11.3. The molecule has 0 amide bonds. The third-order valence-electron chi connectivity index (χ3n) is 4.11. The minimum atomic E-state index is -0.974. The van der Waals surface area contributed by atoms with Crippen LogP contribution in [0.5, 0.6) is 0 Å². The molecule has 0 saturated carbocycles. The van der Waals surface area contributed by atoms with Gasteiger partial charge < -0.3 is 9.90 Å². The molecule has 1 aromatic rings. The van der Waals surface area contributed by atoms with E-state index in [1.54, 1.807) is 0 Å². The van der Waals surface area contributed by atoms with Gasteiger partial charge in [0.2, 0.25) is 0 Å². The van der Waals surface area contributed by atoms with Crippen LogP contribution in [0.1, 0.15) is 77.5 Å². The zero-order chi connectivity index (χ0) is 16.2. The summed E-state index contributed by atoms with van der Waals surface area (Å²) in [7, 11) is 0. The molecule has 0 fully saturated rings. The highest BCUT2D eigenvalue weighted by molar-refractivity contribution is 5.64. The molecule has 4 heteroatoms. The molecule has 1 heterocycles. The first-order chi connectivity index (χ1) is 10.7. The number of imidazole rings is 1. The number of hydrogen-bond acceptors (Lipinski definition) is 2. The van der Waals surface area contributed by atoms with E-state index in [-0.39, 0.29) is 6.42 Å². The largest absolute Gasteiger partial charge is 0.550 e. The highest BCUT2D eigenvalue weighted by Crippen LogP contribution is 2.10. The summed E-state index contributed by atoms with van der Waals surface area (Å²) in [6.45, 7) is 5.94. The Morgan fingerprint density at radius 3 is 2.41 bits per heavy atom.